The van der Waals surface area contributed by atoms with Crippen molar-refractivity contribution in [3.8, 4) is 10.6 Å². The number of nitrogens with one attached hydrogen (secondary N) is 1. The van der Waals surface area contributed by atoms with Crippen LogP contribution in [-0.4, -0.2) is 23.4 Å². The number of aromatic nitrogens is 1. The Morgan fingerprint density at radius 3 is 2.77 bits per heavy atom. The largest absolute Gasteiger partial charge is 0.459 e. The number of hydrogen-bond donors (Lipinski definition) is 1. The van der Waals surface area contributed by atoms with Crippen LogP contribution in [0.25, 0.3) is 10.6 Å². The zero-order valence-electron chi connectivity index (χ0n) is 14.2. The van der Waals surface area contributed by atoms with Crippen molar-refractivity contribution in [2.45, 2.75) is 20.0 Å². The van der Waals surface area contributed by atoms with Gasteiger partial charge >= 0.3 is 5.97 Å². The summed E-state index contributed by atoms with van der Waals surface area (Å²) in [5, 5.41) is 5.36. The van der Waals surface area contributed by atoms with Crippen molar-refractivity contribution >= 4 is 23.2 Å². The fourth-order valence-electron chi connectivity index (χ4n) is 2.20. The van der Waals surface area contributed by atoms with Gasteiger partial charge in [-0.15, -0.1) is 11.3 Å². The summed E-state index contributed by atoms with van der Waals surface area (Å²) in [5.41, 5.74) is 2.94. The number of ether oxygens (including phenoxy) is 1. The lowest BCUT2D eigenvalue weighted by molar-refractivity contribution is -0.144. The summed E-state index contributed by atoms with van der Waals surface area (Å²) >= 11 is 1.51. The Balaban J connectivity index is 1.42. The van der Waals surface area contributed by atoms with Crippen molar-refractivity contribution in [1.82, 2.24) is 10.3 Å². The third-order valence-corrected chi connectivity index (χ3v) is 4.53. The van der Waals surface area contributed by atoms with Gasteiger partial charge in [-0.05, 0) is 19.1 Å². The van der Waals surface area contributed by atoms with E-state index in [9.17, 15) is 9.59 Å². The molecular weight excluding hydrogens is 352 g/mol. The van der Waals surface area contributed by atoms with Gasteiger partial charge in [0, 0.05) is 17.5 Å². The zero-order valence-corrected chi connectivity index (χ0v) is 15.0. The van der Waals surface area contributed by atoms with E-state index in [1.807, 2.05) is 36.6 Å². The van der Waals surface area contributed by atoms with Crippen LogP contribution < -0.4 is 5.32 Å². The van der Waals surface area contributed by atoms with Crippen molar-refractivity contribution in [3.05, 3.63) is 65.1 Å². The molecule has 0 aliphatic heterocycles. The summed E-state index contributed by atoms with van der Waals surface area (Å²) in [4.78, 5) is 27.9. The first-order chi connectivity index (χ1) is 12.6. The van der Waals surface area contributed by atoms with Gasteiger partial charge in [0.25, 0.3) is 5.91 Å². The molecule has 1 aromatic carbocycles. The number of thiazole rings is 1. The van der Waals surface area contributed by atoms with Gasteiger partial charge in [-0.1, -0.05) is 29.8 Å². The Kier molecular flexibility index (Phi) is 5.80. The van der Waals surface area contributed by atoms with Crippen molar-refractivity contribution in [3.63, 3.8) is 0 Å². The first kappa shape index (κ1) is 17.9. The third-order valence-electron chi connectivity index (χ3n) is 3.59. The number of hydrogen-bond acceptors (Lipinski definition) is 6. The van der Waals surface area contributed by atoms with E-state index >= 15 is 0 Å². The average Bonchev–Trinajstić information content (AvgIpc) is 3.32. The molecule has 0 radical (unpaired) electrons. The normalized spacial score (nSPS) is 10.5. The topological polar surface area (TPSA) is 81.4 Å². The number of furan rings is 1. The lowest BCUT2D eigenvalue weighted by Gasteiger charge is -2.04. The van der Waals surface area contributed by atoms with Crippen LogP contribution in [-0.2, 0) is 16.1 Å². The summed E-state index contributed by atoms with van der Waals surface area (Å²) in [5.74, 6) is -0.538. The number of carbonyl (C=O) groups excluding carboxylic acids is 2. The minimum absolute atomic E-state index is 0.0847. The molecule has 3 aromatic rings. The van der Waals surface area contributed by atoms with Crippen LogP contribution in [0.2, 0.25) is 0 Å². The quantitative estimate of drug-likeness (QED) is 0.643. The van der Waals surface area contributed by atoms with Crippen molar-refractivity contribution in [2.24, 2.45) is 0 Å². The third kappa shape index (κ3) is 4.80. The predicted octanol–water partition coefficient (Wildman–Crippen LogP) is 3.57. The maximum atomic E-state index is 11.8. The molecule has 1 N–H and O–H groups in total. The highest BCUT2D eigenvalue weighted by atomic mass is 32.1. The number of amides is 1. The van der Waals surface area contributed by atoms with Gasteiger partial charge in [-0.3, -0.25) is 9.59 Å². The van der Waals surface area contributed by atoms with Gasteiger partial charge < -0.3 is 14.5 Å². The maximum absolute atomic E-state index is 11.8. The van der Waals surface area contributed by atoms with Crippen LogP contribution in [0.3, 0.4) is 0 Å². The Bertz CT molecular complexity index is 869. The molecule has 0 aliphatic rings. The van der Waals surface area contributed by atoms with E-state index in [1.54, 1.807) is 12.1 Å². The Morgan fingerprint density at radius 1 is 1.23 bits per heavy atom. The smallest absolute Gasteiger partial charge is 0.307 e. The van der Waals surface area contributed by atoms with Crippen LogP contribution in [0.5, 0.6) is 0 Å². The second kappa shape index (κ2) is 8.44. The lowest BCUT2D eigenvalue weighted by Crippen LogP contribution is -2.26. The number of carbonyl (C=O) groups is 2. The van der Waals surface area contributed by atoms with E-state index in [-0.39, 0.29) is 31.2 Å². The minimum atomic E-state index is -0.394. The number of rotatable bonds is 7. The molecule has 3 rings (SSSR count). The molecule has 2 aromatic heterocycles. The molecule has 2 heterocycles. The van der Waals surface area contributed by atoms with E-state index in [0.29, 0.717) is 5.69 Å². The van der Waals surface area contributed by atoms with Gasteiger partial charge in [0.05, 0.1) is 18.4 Å². The van der Waals surface area contributed by atoms with E-state index in [4.69, 9.17) is 9.15 Å². The van der Waals surface area contributed by atoms with Crippen molar-refractivity contribution < 1.29 is 18.7 Å². The predicted molar refractivity (Wildman–Crippen MR) is 97.7 cm³/mol. The van der Waals surface area contributed by atoms with Crippen LogP contribution >= 0.6 is 11.3 Å². The molecule has 0 spiro atoms. The van der Waals surface area contributed by atoms with Crippen molar-refractivity contribution in [2.75, 3.05) is 6.54 Å². The fourth-order valence-corrected chi connectivity index (χ4v) is 3.01. The summed E-state index contributed by atoms with van der Waals surface area (Å²) in [6, 6.07) is 11.3. The molecule has 0 fully saturated rings. The minimum Gasteiger partial charge on any atom is -0.459 e. The summed E-state index contributed by atoms with van der Waals surface area (Å²) in [6.07, 6.45) is 1.50. The van der Waals surface area contributed by atoms with Gasteiger partial charge in [0.1, 0.15) is 11.6 Å². The number of benzene rings is 1. The molecule has 134 valence electrons. The Labute approximate surface area is 154 Å². The SMILES string of the molecule is Cc1ccc(-c2nc(COC(=O)CCNC(=O)c3ccco3)cs2)cc1. The number of aryl methyl sites for hydroxylation is 1. The maximum Gasteiger partial charge on any atom is 0.307 e. The molecular formula is C19H18N2O4S. The highest BCUT2D eigenvalue weighted by Crippen LogP contribution is 2.24. The first-order valence-electron chi connectivity index (χ1n) is 8.10. The second-order valence-electron chi connectivity index (χ2n) is 5.65. The lowest BCUT2D eigenvalue weighted by atomic mass is 10.2. The number of esters is 1. The van der Waals surface area contributed by atoms with Crippen LogP contribution in [0, 0.1) is 6.92 Å². The van der Waals surface area contributed by atoms with E-state index in [2.05, 4.69) is 10.3 Å². The van der Waals surface area contributed by atoms with E-state index < -0.39 is 5.97 Å². The highest BCUT2D eigenvalue weighted by Gasteiger charge is 2.11. The average molecular weight is 370 g/mol. The molecule has 7 heteroatoms. The second-order valence-corrected chi connectivity index (χ2v) is 6.51. The monoisotopic (exact) mass is 370 g/mol. The molecule has 1 amide bonds. The standard InChI is InChI=1S/C19H18N2O4S/c1-13-4-6-14(7-5-13)19-21-15(12-26-19)11-25-17(22)8-9-20-18(23)16-3-2-10-24-16/h2-7,10,12H,8-9,11H2,1H3,(H,20,23). The highest BCUT2D eigenvalue weighted by molar-refractivity contribution is 7.13. The van der Waals surface area contributed by atoms with Crippen LogP contribution in [0.15, 0.2) is 52.5 Å². The van der Waals surface area contributed by atoms with E-state index in [0.717, 1.165) is 10.6 Å². The zero-order chi connectivity index (χ0) is 18.4. The van der Waals surface area contributed by atoms with Crippen molar-refractivity contribution in [1.29, 1.82) is 0 Å². The van der Waals surface area contributed by atoms with Gasteiger partial charge in [-0.25, -0.2) is 4.98 Å². The molecule has 26 heavy (non-hydrogen) atoms. The van der Waals surface area contributed by atoms with Gasteiger partial charge in [0.2, 0.25) is 0 Å². The van der Waals surface area contributed by atoms with Gasteiger partial charge in [0.15, 0.2) is 5.76 Å². The van der Waals surface area contributed by atoms with Gasteiger partial charge in [-0.2, -0.15) is 0 Å². The first-order valence-corrected chi connectivity index (χ1v) is 8.98. The molecule has 0 saturated carbocycles. The molecule has 0 unspecified atom stereocenters. The fraction of sp³-hybridized carbons (Fsp3) is 0.211. The van der Waals surface area contributed by atoms with E-state index in [1.165, 1.54) is 23.2 Å². The molecule has 0 bridgehead atoms. The summed E-state index contributed by atoms with van der Waals surface area (Å²) in [7, 11) is 0. The van der Waals surface area contributed by atoms with Crippen LogP contribution in [0.4, 0.5) is 0 Å². The molecule has 0 saturated heterocycles. The Morgan fingerprint density at radius 2 is 2.04 bits per heavy atom. The summed E-state index contributed by atoms with van der Waals surface area (Å²) in [6.45, 7) is 2.34. The number of nitrogens with zero attached hydrogens (tertiary/aromatic N) is 1. The van der Waals surface area contributed by atoms with Crippen LogP contribution in [0.1, 0.15) is 28.2 Å². The molecule has 0 atom stereocenters. The molecule has 0 aliphatic carbocycles. The molecule has 6 nitrogen and oxygen atoms in total. The summed E-state index contributed by atoms with van der Waals surface area (Å²) < 4.78 is 10.2. The Hall–Kier alpha value is -2.93.